The van der Waals surface area contributed by atoms with Crippen LogP contribution in [-0.4, -0.2) is 40.0 Å². The molecule has 1 saturated heterocycles. The number of amides is 1. The molecule has 2 aromatic rings. The second-order valence-corrected chi connectivity index (χ2v) is 7.81. The molecule has 7 nitrogen and oxygen atoms in total. The number of benzene rings is 1. The average molecular weight is 365 g/mol. The normalized spacial score (nSPS) is 23.2. The fraction of sp³-hybridized carbons (Fsp3) is 0.400. The topological polar surface area (TPSA) is 91.0 Å². The van der Waals surface area contributed by atoms with Crippen LogP contribution in [0.15, 0.2) is 34.7 Å². The molecule has 9 heteroatoms. The highest BCUT2D eigenvalue weighted by Gasteiger charge is 2.30. The van der Waals surface area contributed by atoms with E-state index in [-0.39, 0.29) is 24.0 Å². The molecule has 0 saturated carbocycles. The Labute approximate surface area is 149 Å². The molecule has 0 radical (unpaired) electrons. The van der Waals surface area contributed by atoms with Crippen LogP contribution >= 0.6 is 23.1 Å². The number of carbonyl (C=O) groups is 1. The Bertz CT molecular complexity index is 670. The predicted molar refractivity (Wildman–Crippen MR) is 97.5 cm³/mol. The van der Waals surface area contributed by atoms with Crippen LogP contribution < -0.4 is 21.5 Å². The highest BCUT2D eigenvalue weighted by Crippen LogP contribution is 2.27. The van der Waals surface area contributed by atoms with Crippen LogP contribution in [0.25, 0.3) is 0 Å². The maximum atomic E-state index is 12.1. The van der Waals surface area contributed by atoms with Crippen molar-refractivity contribution in [3.05, 3.63) is 30.3 Å². The van der Waals surface area contributed by atoms with Crippen LogP contribution in [-0.2, 0) is 4.79 Å². The summed E-state index contributed by atoms with van der Waals surface area (Å²) in [5.74, 6) is 0.331. The van der Waals surface area contributed by atoms with Crippen molar-refractivity contribution < 1.29 is 4.79 Å². The van der Waals surface area contributed by atoms with Gasteiger partial charge in [0.1, 0.15) is 0 Å². The number of nitrogens with one attached hydrogen (secondary N) is 4. The van der Waals surface area contributed by atoms with Crippen molar-refractivity contribution in [1.29, 1.82) is 0 Å². The van der Waals surface area contributed by atoms with Gasteiger partial charge < -0.3 is 10.6 Å². The smallest absolute Gasteiger partial charge is 0.230 e. The molecule has 1 aliphatic heterocycles. The molecule has 1 amide bonds. The minimum Gasteiger partial charge on any atom is -0.349 e. The molecule has 2 atom stereocenters. The maximum Gasteiger partial charge on any atom is 0.230 e. The zero-order valence-electron chi connectivity index (χ0n) is 13.4. The van der Waals surface area contributed by atoms with Gasteiger partial charge >= 0.3 is 0 Å². The zero-order chi connectivity index (χ0) is 16.9. The van der Waals surface area contributed by atoms with Gasteiger partial charge in [-0.05, 0) is 26.0 Å². The molecule has 2 heterocycles. The Morgan fingerprint density at radius 3 is 2.62 bits per heavy atom. The number of carbonyl (C=O) groups excluding carboxylic acids is 1. The highest BCUT2D eigenvalue weighted by atomic mass is 32.2. The first kappa shape index (κ1) is 17.2. The molecule has 24 heavy (non-hydrogen) atoms. The third-order valence-electron chi connectivity index (χ3n) is 3.70. The first-order valence-electron chi connectivity index (χ1n) is 7.70. The van der Waals surface area contributed by atoms with E-state index < -0.39 is 0 Å². The first-order chi connectivity index (χ1) is 11.6. The SMILES string of the molecule is CC1NNC(C)C1NC(=O)CSc1nnc(Nc2ccccc2)s1. The molecular formula is C15H20N6OS2. The van der Waals surface area contributed by atoms with E-state index in [1.54, 1.807) is 0 Å². The minimum atomic E-state index is 0.00182. The average Bonchev–Trinajstić information content (AvgIpc) is 3.15. The van der Waals surface area contributed by atoms with E-state index in [9.17, 15) is 4.79 Å². The lowest BCUT2D eigenvalue weighted by atomic mass is 10.1. The minimum absolute atomic E-state index is 0.00182. The number of thioether (sulfide) groups is 1. The van der Waals surface area contributed by atoms with Crippen molar-refractivity contribution in [1.82, 2.24) is 26.4 Å². The Morgan fingerprint density at radius 1 is 1.21 bits per heavy atom. The summed E-state index contributed by atoms with van der Waals surface area (Å²) in [4.78, 5) is 12.1. The monoisotopic (exact) mass is 364 g/mol. The molecule has 2 unspecified atom stereocenters. The van der Waals surface area contributed by atoms with Crippen molar-refractivity contribution in [3.8, 4) is 0 Å². The summed E-state index contributed by atoms with van der Waals surface area (Å²) in [6.07, 6.45) is 0. The quantitative estimate of drug-likeness (QED) is 0.581. The van der Waals surface area contributed by atoms with E-state index in [0.717, 1.165) is 15.2 Å². The third-order valence-corrected chi connectivity index (χ3v) is 5.67. The van der Waals surface area contributed by atoms with Crippen molar-refractivity contribution in [2.24, 2.45) is 0 Å². The molecular weight excluding hydrogens is 344 g/mol. The molecule has 1 aliphatic rings. The van der Waals surface area contributed by atoms with E-state index >= 15 is 0 Å². The van der Waals surface area contributed by atoms with E-state index in [1.807, 2.05) is 44.2 Å². The number of rotatable bonds is 6. The van der Waals surface area contributed by atoms with Gasteiger partial charge in [-0.3, -0.25) is 15.6 Å². The summed E-state index contributed by atoms with van der Waals surface area (Å²) in [6.45, 7) is 4.09. The van der Waals surface area contributed by atoms with Crippen LogP contribution in [0.2, 0.25) is 0 Å². The van der Waals surface area contributed by atoms with Gasteiger partial charge in [-0.15, -0.1) is 10.2 Å². The van der Waals surface area contributed by atoms with E-state index in [4.69, 9.17) is 0 Å². The molecule has 1 aromatic heterocycles. The standard InChI is InChI=1S/C15H20N6OS2/c1-9-13(10(2)19-18-9)17-12(22)8-23-15-21-20-14(24-15)16-11-6-4-3-5-7-11/h3-7,9-10,13,18-19H,8H2,1-2H3,(H,16,20)(H,17,22). The predicted octanol–water partition coefficient (Wildman–Crippen LogP) is 1.74. The molecule has 3 rings (SSSR count). The maximum absolute atomic E-state index is 12.1. The fourth-order valence-corrected chi connectivity index (χ4v) is 4.03. The zero-order valence-corrected chi connectivity index (χ0v) is 15.1. The van der Waals surface area contributed by atoms with Gasteiger partial charge in [0.05, 0.1) is 11.8 Å². The second kappa shape index (κ2) is 7.93. The van der Waals surface area contributed by atoms with E-state index in [2.05, 4.69) is 31.7 Å². The summed E-state index contributed by atoms with van der Waals surface area (Å²) < 4.78 is 0.771. The molecule has 128 valence electrons. The van der Waals surface area contributed by atoms with Gasteiger partial charge in [0, 0.05) is 17.8 Å². The van der Waals surface area contributed by atoms with Gasteiger partial charge in [0.2, 0.25) is 11.0 Å². The Morgan fingerprint density at radius 2 is 1.92 bits per heavy atom. The number of nitrogens with zero attached hydrogens (tertiary/aromatic N) is 2. The highest BCUT2D eigenvalue weighted by molar-refractivity contribution is 8.01. The molecule has 4 N–H and O–H groups in total. The van der Waals surface area contributed by atoms with Crippen LogP contribution in [0.3, 0.4) is 0 Å². The number of para-hydroxylation sites is 1. The Hall–Kier alpha value is -1.68. The van der Waals surface area contributed by atoms with Crippen LogP contribution in [0.5, 0.6) is 0 Å². The summed E-state index contributed by atoms with van der Waals surface area (Å²) in [7, 11) is 0. The van der Waals surface area contributed by atoms with Crippen molar-refractivity contribution in [3.63, 3.8) is 0 Å². The number of hydrogen-bond acceptors (Lipinski definition) is 8. The summed E-state index contributed by atoms with van der Waals surface area (Å²) in [5.41, 5.74) is 7.21. The second-order valence-electron chi connectivity index (χ2n) is 5.61. The van der Waals surface area contributed by atoms with Crippen molar-refractivity contribution in [2.45, 2.75) is 36.3 Å². The van der Waals surface area contributed by atoms with E-state index in [0.29, 0.717) is 5.75 Å². The molecule has 1 aromatic carbocycles. The Balaban J connectivity index is 1.47. The summed E-state index contributed by atoms with van der Waals surface area (Å²) in [5, 5.41) is 15.2. The summed E-state index contributed by atoms with van der Waals surface area (Å²) in [6, 6.07) is 10.3. The first-order valence-corrected chi connectivity index (χ1v) is 9.51. The van der Waals surface area contributed by atoms with Crippen molar-refractivity contribution in [2.75, 3.05) is 11.1 Å². The van der Waals surface area contributed by atoms with Gasteiger partial charge in [0.15, 0.2) is 4.34 Å². The van der Waals surface area contributed by atoms with Gasteiger partial charge in [-0.2, -0.15) is 0 Å². The third kappa shape index (κ3) is 4.44. The van der Waals surface area contributed by atoms with Crippen LogP contribution in [0.4, 0.5) is 10.8 Å². The lowest BCUT2D eigenvalue weighted by Gasteiger charge is -2.19. The number of aromatic nitrogens is 2. The number of hydrazine groups is 1. The lowest BCUT2D eigenvalue weighted by Crippen LogP contribution is -2.47. The van der Waals surface area contributed by atoms with Crippen molar-refractivity contribution >= 4 is 39.8 Å². The molecule has 0 spiro atoms. The van der Waals surface area contributed by atoms with Crippen LogP contribution in [0.1, 0.15) is 13.8 Å². The largest absolute Gasteiger partial charge is 0.349 e. The number of anilines is 2. The fourth-order valence-electron chi connectivity index (χ4n) is 2.44. The van der Waals surface area contributed by atoms with E-state index in [1.165, 1.54) is 23.1 Å². The number of hydrogen-bond donors (Lipinski definition) is 4. The Kier molecular flexibility index (Phi) is 5.67. The van der Waals surface area contributed by atoms with Gasteiger partial charge in [0.25, 0.3) is 0 Å². The molecule has 0 bridgehead atoms. The van der Waals surface area contributed by atoms with Gasteiger partial charge in [-0.1, -0.05) is 41.3 Å². The lowest BCUT2D eigenvalue weighted by molar-refractivity contribution is -0.119. The van der Waals surface area contributed by atoms with Crippen LogP contribution in [0, 0.1) is 0 Å². The molecule has 1 fully saturated rings. The van der Waals surface area contributed by atoms with Gasteiger partial charge in [-0.25, -0.2) is 0 Å². The molecule has 0 aliphatic carbocycles. The summed E-state index contributed by atoms with van der Waals surface area (Å²) >= 11 is 2.84.